The van der Waals surface area contributed by atoms with Gasteiger partial charge >= 0.3 is 0 Å². The molecule has 150 valence electrons. The molecule has 5 nitrogen and oxygen atoms in total. The van der Waals surface area contributed by atoms with E-state index in [0.717, 1.165) is 43.9 Å². The van der Waals surface area contributed by atoms with Gasteiger partial charge in [0.1, 0.15) is 5.82 Å². The molecular weight excluding hydrogens is 357 g/mol. The van der Waals surface area contributed by atoms with Gasteiger partial charge in [-0.15, -0.1) is 0 Å². The van der Waals surface area contributed by atoms with Crippen LogP contribution in [0.2, 0.25) is 0 Å². The summed E-state index contributed by atoms with van der Waals surface area (Å²) in [6.45, 7) is 4.58. The Morgan fingerprint density at radius 3 is 2.43 bits per heavy atom. The molecule has 6 heteroatoms. The van der Waals surface area contributed by atoms with Crippen LogP contribution in [0.15, 0.2) is 48.5 Å². The molecule has 0 aliphatic carbocycles. The number of rotatable bonds is 6. The number of hydrogen-bond donors (Lipinski definition) is 1. The summed E-state index contributed by atoms with van der Waals surface area (Å²) in [6.07, 6.45) is 0.921. The molecular formula is C22H28FN3O2. The molecule has 1 saturated heterocycles. The van der Waals surface area contributed by atoms with Crippen LogP contribution in [-0.2, 0) is 6.54 Å². The van der Waals surface area contributed by atoms with Crippen molar-refractivity contribution in [2.24, 2.45) is 0 Å². The van der Waals surface area contributed by atoms with E-state index in [1.165, 1.54) is 12.1 Å². The normalized spacial score (nSPS) is 15.3. The zero-order chi connectivity index (χ0) is 19.9. The summed E-state index contributed by atoms with van der Waals surface area (Å²) in [6, 6.07) is 14.2. The summed E-state index contributed by atoms with van der Waals surface area (Å²) in [5.74, 6) is -0.162. The van der Waals surface area contributed by atoms with Crippen molar-refractivity contribution in [2.45, 2.75) is 13.0 Å². The summed E-state index contributed by atoms with van der Waals surface area (Å²) < 4.78 is 13.1. The molecule has 3 rings (SSSR count). The van der Waals surface area contributed by atoms with E-state index in [-0.39, 0.29) is 18.3 Å². The lowest BCUT2D eigenvalue weighted by molar-refractivity contribution is 0.0761. The molecule has 1 fully saturated rings. The van der Waals surface area contributed by atoms with Gasteiger partial charge < -0.3 is 14.9 Å². The lowest BCUT2D eigenvalue weighted by Gasteiger charge is -2.23. The van der Waals surface area contributed by atoms with Crippen molar-refractivity contribution in [2.75, 3.05) is 51.3 Å². The average Bonchev–Trinajstić information content (AvgIpc) is 2.95. The molecule has 0 saturated carbocycles. The van der Waals surface area contributed by atoms with Gasteiger partial charge in [-0.2, -0.15) is 0 Å². The summed E-state index contributed by atoms with van der Waals surface area (Å²) in [4.78, 5) is 19.1. The van der Waals surface area contributed by atoms with E-state index in [1.54, 1.807) is 0 Å². The van der Waals surface area contributed by atoms with E-state index in [2.05, 4.69) is 4.90 Å². The van der Waals surface area contributed by atoms with E-state index >= 15 is 0 Å². The number of halogens is 1. The highest BCUT2D eigenvalue weighted by atomic mass is 19.1. The van der Waals surface area contributed by atoms with Crippen LogP contribution in [0.3, 0.4) is 0 Å². The molecule has 1 N–H and O–H groups in total. The van der Waals surface area contributed by atoms with Gasteiger partial charge in [-0.3, -0.25) is 9.69 Å². The van der Waals surface area contributed by atoms with Crippen molar-refractivity contribution >= 4 is 11.6 Å². The predicted molar refractivity (Wildman–Crippen MR) is 109 cm³/mol. The molecule has 0 bridgehead atoms. The maximum Gasteiger partial charge on any atom is 0.253 e. The largest absolute Gasteiger partial charge is 0.395 e. The monoisotopic (exact) mass is 385 g/mol. The first-order valence-electron chi connectivity index (χ1n) is 9.75. The van der Waals surface area contributed by atoms with Crippen molar-refractivity contribution in [3.63, 3.8) is 0 Å². The van der Waals surface area contributed by atoms with Crippen molar-refractivity contribution in [1.82, 2.24) is 9.80 Å². The van der Waals surface area contributed by atoms with Gasteiger partial charge in [-0.1, -0.05) is 12.1 Å². The molecule has 1 aliphatic rings. The van der Waals surface area contributed by atoms with E-state index in [9.17, 15) is 9.18 Å². The maximum atomic E-state index is 13.1. The zero-order valence-corrected chi connectivity index (χ0v) is 16.4. The molecule has 1 aliphatic heterocycles. The Morgan fingerprint density at radius 1 is 1.04 bits per heavy atom. The molecule has 1 amide bonds. The number of hydrogen-bond acceptors (Lipinski definition) is 4. The van der Waals surface area contributed by atoms with Crippen LogP contribution in [0.4, 0.5) is 10.1 Å². The molecule has 28 heavy (non-hydrogen) atoms. The van der Waals surface area contributed by atoms with Gasteiger partial charge in [0.05, 0.1) is 6.61 Å². The van der Waals surface area contributed by atoms with E-state index < -0.39 is 0 Å². The highest BCUT2D eigenvalue weighted by molar-refractivity contribution is 5.94. The van der Waals surface area contributed by atoms with Gasteiger partial charge in [0.15, 0.2) is 0 Å². The second-order valence-corrected chi connectivity index (χ2v) is 7.24. The lowest BCUT2D eigenvalue weighted by Crippen LogP contribution is -2.35. The number of likely N-dealkylation sites (N-methyl/N-ethyl adjacent to an activating group) is 1. The fourth-order valence-electron chi connectivity index (χ4n) is 3.50. The molecule has 2 aromatic rings. The first kappa shape index (κ1) is 20.3. The third-order valence-electron chi connectivity index (χ3n) is 5.19. The molecule has 1 heterocycles. The average molecular weight is 385 g/mol. The molecule has 0 radical (unpaired) electrons. The standard InChI is InChI=1S/C22H28FN3O2/c1-24(15-16-27)21-9-5-19(6-10-21)22(28)26-12-2-11-25(13-14-26)17-18-3-7-20(23)8-4-18/h3-10,27H,2,11-17H2,1H3. The highest BCUT2D eigenvalue weighted by Gasteiger charge is 2.20. The van der Waals surface area contributed by atoms with Gasteiger partial charge in [-0.25, -0.2) is 4.39 Å². The quantitative estimate of drug-likeness (QED) is 0.830. The summed E-state index contributed by atoms with van der Waals surface area (Å²) in [5, 5.41) is 9.04. The first-order valence-corrected chi connectivity index (χ1v) is 9.75. The minimum absolute atomic E-state index is 0.0555. The minimum Gasteiger partial charge on any atom is -0.395 e. The summed E-state index contributed by atoms with van der Waals surface area (Å²) in [7, 11) is 1.91. The number of carbonyl (C=O) groups excluding carboxylic acids is 1. The van der Waals surface area contributed by atoms with E-state index in [1.807, 2.05) is 53.2 Å². The van der Waals surface area contributed by atoms with Crippen LogP contribution < -0.4 is 4.90 Å². The Bertz CT molecular complexity index is 764. The van der Waals surface area contributed by atoms with E-state index in [4.69, 9.17) is 5.11 Å². The van der Waals surface area contributed by atoms with Crippen LogP contribution in [0, 0.1) is 5.82 Å². The van der Waals surface area contributed by atoms with Gasteiger partial charge in [0, 0.05) is 57.6 Å². The molecule has 0 unspecified atom stereocenters. The third kappa shape index (κ3) is 5.30. The number of aliphatic hydroxyl groups is 1. The topological polar surface area (TPSA) is 47.0 Å². The van der Waals surface area contributed by atoms with Gasteiger partial charge in [0.2, 0.25) is 0 Å². The lowest BCUT2D eigenvalue weighted by atomic mass is 10.1. The summed E-state index contributed by atoms with van der Waals surface area (Å²) in [5.41, 5.74) is 2.75. The predicted octanol–water partition coefficient (Wildman–Crippen LogP) is 2.60. The number of aliphatic hydroxyl groups excluding tert-OH is 1. The third-order valence-corrected chi connectivity index (χ3v) is 5.19. The van der Waals surface area contributed by atoms with Crippen LogP contribution in [0.1, 0.15) is 22.3 Å². The Morgan fingerprint density at radius 2 is 1.75 bits per heavy atom. The van der Waals surface area contributed by atoms with Crippen molar-refractivity contribution in [3.8, 4) is 0 Å². The van der Waals surface area contributed by atoms with Crippen molar-refractivity contribution in [1.29, 1.82) is 0 Å². The number of nitrogens with zero attached hydrogens (tertiary/aromatic N) is 3. The molecule has 0 atom stereocenters. The molecule has 0 spiro atoms. The second kappa shape index (κ2) is 9.66. The van der Waals surface area contributed by atoms with Crippen molar-refractivity contribution < 1.29 is 14.3 Å². The Hall–Kier alpha value is -2.44. The fraction of sp³-hybridized carbons (Fsp3) is 0.409. The van der Waals surface area contributed by atoms with Crippen LogP contribution in [0.25, 0.3) is 0 Å². The number of anilines is 1. The SMILES string of the molecule is CN(CCO)c1ccc(C(=O)N2CCCN(Cc3ccc(F)cc3)CC2)cc1. The summed E-state index contributed by atoms with van der Waals surface area (Å²) >= 11 is 0. The smallest absolute Gasteiger partial charge is 0.253 e. The minimum atomic E-state index is -0.218. The highest BCUT2D eigenvalue weighted by Crippen LogP contribution is 2.16. The van der Waals surface area contributed by atoms with Crippen LogP contribution in [-0.4, -0.2) is 67.2 Å². The second-order valence-electron chi connectivity index (χ2n) is 7.24. The van der Waals surface area contributed by atoms with Crippen molar-refractivity contribution in [3.05, 3.63) is 65.5 Å². The number of carbonyl (C=O) groups is 1. The van der Waals surface area contributed by atoms with E-state index in [0.29, 0.717) is 18.7 Å². The fourth-order valence-corrected chi connectivity index (χ4v) is 3.50. The first-order chi connectivity index (χ1) is 13.6. The maximum absolute atomic E-state index is 13.1. The number of benzene rings is 2. The van der Waals surface area contributed by atoms with Gasteiger partial charge in [-0.05, 0) is 48.4 Å². The molecule has 0 aromatic heterocycles. The van der Waals surface area contributed by atoms with Gasteiger partial charge in [0.25, 0.3) is 5.91 Å². The Balaban J connectivity index is 1.57. The Labute approximate surface area is 166 Å². The number of amides is 1. The molecule has 2 aromatic carbocycles. The van der Waals surface area contributed by atoms with Crippen LogP contribution in [0.5, 0.6) is 0 Å². The zero-order valence-electron chi connectivity index (χ0n) is 16.4. The van der Waals surface area contributed by atoms with Crippen LogP contribution >= 0.6 is 0 Å². The Kier molecular flexibility index (Phi) is 7.01.